The monoisotopic (exact) mass is 422 g/mol. The Morgan fingerprint density at radius 1 is 0.967 bits per heavy atom. The zero-order valence-electron chi connectivity index (χ0n) is 16.8. The molecule has 2 aromatic carbocycles. The number of unbranched alkanes of at least 4 members (excludes halogenated alkanes) is 2. The van der Waals surface area contributed by atoms with Crippen LogP contribution in [-0.2, 0) is 9.53 Å². The van der Waals surface area contributed by atoms with Gasteiger partial charge in [-0.15, -0.1) is 0 Å². The molecule has 2 aromatic rings. The van der Waals surface area contributed by atoms with E-state index in [0.29, 0.717) is 31.4 Å². The van der Waals surface area contributed by atoms with Crippen LogP contribution in [0.1, 0.15) is 48.0 Å². The van der Waals surface area contributed by atoms with Crippen LogP contribution in [0.2, 0.25) is 0 Å². The van der Waals surface area contributed by atoms with E-state index in [1.165, 1.54) is 18.2 Å². The van der Waals surface area contributed by atoms with Gasteiger partial charge >= 0.3 is 0 Å². The third kappa shape index (κ3) is 6.88. The first-order valence-electron chi connectivity index (χ1n) is 9.70. The molecular weight excluding hydrogens is 397 g/mol. The van der Waals surface area contributed by atoms with Crippen molar-refractivity contribution in [2.75, 3.05) is 18.5 Å². The van der Waals surface area contributed by atoms with Gasteiger partial charge in [-0.1, -0.05) is 12.5 Å². The highest BCUT2D eigenvalue weighted by Gasteiger charge is 2.20. The SMILES string of the molecule is Cc1ccc(Nc2c(C(=O)CCOCCCCCC(N)=O)ccc(F)c2F)c(F)c1. The Balaban J connectivity index is 1.97. The number of primary amides is 1. The van der Waals surface area contributed by atoms with Gasteiger partial charge in [-0.05, 0) is 49.6 Å². The fraction of sp³-hybridized carbons (Fsp3) is 0.364. The minimum absolute atomic E-state index is 0.0442. The molecule has 8 heteroatoms. The number of carbonyl (C=O) groups is 2. The Kier molecular flexibility index (Phi) is 8.86. The van der Waals surface area contributed by atoms with Crippen molar-refractivity contribution in [3.05, 3.63) is 58.9 Å². The highest BCUT2D eigenvalue weighted by Crippen LogP contribution is 2.29. The van der Waals surface area contributed by atoms with E-state index in [9.17, 15) is 22.8 Å². The molecule has 0 fully saturated rings. The van der Waals surface area contributed by atoms with Crippen molar-refractivity contribution in [3.63, 3.8) is 0 Å². The molecule has 0 saturated heterocycles. The first kappa shape index (κ1) is 23.4. The fourth-order valence-electron chi connectivity index (χ4n) is 2.84. The molecule has 0 unspecified atom stereocenters. The number of carbonyl (C=O) groups excluding carboxylic acids is 2. The van der Waals surface area contributed by atoms with E-state index in [2.05, 4.69) is 5.32 Å². The molecule has 0 bridgehead atoms. The number of nitrogens with two attached hydrogens (primary N) is 1. The van der Waals surface area contributed by atoms with E-state index in [1.807, 2.05) is 0 Å². The summed E-state index contributed by atoms with van der Waals surface area (Å²) in [6.45, 7) is 2.21. The highest BCUT2D eigenvalue weighted by atomic mass is 19.2. The number of hydrogen-bond donors (Lipinski definition) is 2. The van der Waals surface area contributed by atoms with Crippen LogP contribution in [0.4, 0.5) is 24.5 Å². The zero-order valence-corrected chi connectivity index (χ0v) is 16.8. The van der Waals surface area contributed by atoms with Crippen LogP contribution in [0.5, 0.6) is 0 Å². The number of benzene rings is 2. The molecule has 0 aliphatic heterocycles. The second-order valence-electron chi connectivity index (χ2n) is 6.95. The summed E-state index contributed by atoms with van der Waals surface area (Å²) in [6, 6.07) is 6.28. The number of nitrogens with one attached hydrogen (secondary N) is 1. The van der Waals surface area contributed by atoms with Crippen molar-refractivity contribution < 1.29 is 27.5 Å². The number of amides is 1. The third-order valence-electron chi connectivity index (χ3n) is 4.46. The Bertz CT molecular complexity index is 903. The van der Waals surface area contributed by atoms with Crippen LogP contribution in [0.25, 0.3) is 0 Å². The summed E-state index contributed by atoms with van der Waals surface area (Å²) in [4.78, 5) is 23.2. The number of aryl methyl sites for hydroxylation is 1. The molecule has 0 radical (unpaired) electrons. The fourth-order valence-corrected chi connectivity index (χ4v) is 2.84. The maximum absolute atomic E-state index is 14.4. The molecule has 0 aromatic heterocycles. The average molecular weight is 422 g/mol. The number of anilines is 2. The van der Waals surface area contributed by atoms with E-state index in [4.69, 9.17) is 10.5 Å². The summed E-state index contributed by atoms with van der Waals surface area (Å²) >= 11 is 0. The van der Waals surface area contributed by atoms with Crippen LogP contribution in [0.15, 0.2) is 30.3 Å². The van der Waals surface area contributed by atoms with Gasteiger partial charge in [-0.3, -0.25) is 9.59 Å². The van der Waals surface area contributed by atoms with Gasteiger partial charge in [0.25, 0.3) is 0 Å². The van der Waals surface area contributed by atoms with Crippen molar-refractivity contribution in [2.24, 2.45) is 5.73 Å². The quantitative estimate of drug-likeness (QED) is 0.381. The number of ketones is 1. The van der Waals surface area contributed by atoms with Crippen molar-refractivity contribution in [3.8, 4) is 0 Å². The van der Waals surface area contributed by atoms with Crippen LogP contribution >= 0.6 is 0 Å². The highest BCUT2D eigenvalue weighted by molar-refractivity contribution is 6.02. The van der Waals surface area contributed by atoms with Gasteiger partial charge in [0.05, 0.1) is 18.0 Å². The molecule has 3 N–H and O–H groups in total. The first-order valence-corrected chi connectivity index (χ1v) is 9.70. The predicted molar refractivity (Wildman–Crippen MR) is 108 cm³/mol. The Hall–Kier alpha value is -2.87. The number of ether oxygens (including phenoxy) is 1. The molecular formula is C22H25F3N2O3. The Labute approximate surface area is 173 Å². The number of halogens is 3. The number of Topliss-reactive ketones (excluding diaryl/α,β-unsaturated/α-hetero) is 1. The van der Waals surface area contributed by atoms with Gasteiger partial charge in [0, 0.05) is 25.0 Å². The van der Waals surface area contributed by atoms with Crippen LogP contribution in [0.3, 0.4) is 0 Å². The molecule has 0 saturated carbocycles. The van der Waals surface area contributed by atoms with Gasteiger partial charge in [0.2, 0.25) is 5.91 Å². The molecule has 0 spiro atoms. The number of hydrogen-bond acceptors (Lipinski definition) is 4. The Morgan fingerprint density at radius 2 is 1.73 bits per heavy atom. The minimum atomic E-state index is -1.25. The first-order chi connectivity index (χ1) is 14.3. The summed E-state index contributed by atoms with van der Waals surface area (Å²) < 4.78 is 47.6. The van der Waals surface area contributed by atoms with Crippen molar-refractivity contribution >= 4 is 23.1 Å². The lowest BCUT2D eigenvalue weighted by Crippen LogP contribution is -2.11. The summed E-state index contributed by atoms with van der Waals surface area (Å²) in [5, 5.41) is 2.50. The summed E-state index contributed by atoms with van der Waals surface area (Å²) in [6.07, 6.45) is 2.45. The maximum atomic E-state index is 14.4. The van der Waals surface area contributed by atoms with Gasteiger partial charge in [0.1, 0.15) is 5.82 Å². The second kappa shape index (κ2) is 11.3. The molecule has 30 heavy (non-hydrogen) atoms. The Morgan fingerprint density at radius 3 is 2.43 bits per heavy atom. The van der Waals surface area contributed by atoms with Crippen LogP contribution in [0, 0.1) is 24.4 Å². The van der Waals surface area contributed by atoms with Crippen molar-refractivity contribution in [1.82, 2.24) is 0 Å². The third-order valence-corrected chi connectivity index (χ3v) is 4.46. The summed E-state index contributed by atoms with van der Waals surface area (Å²) in [5.41, 5.74) is 5.17. The van der Waals surface area contributed by atoms with E-state index in [1.54, 1.807) is 13.0 Å². The second-order valence-corrected chi connectivity index (χ2v) is 6.95. The standard InChI is InChI=1S/C22H25F3N2O3/c1-14-6-9-18(17(24)13-14)27-22-15(7-8-16(23)21(22)25)19(28)10-12-30-11-4-2-3-5-20(26)29/h6-9,13,27H,2-5,10-12H2,1H3,(H2,26,29). The lowest BCUT2D eigenvalue weighted by Gasteiger charge is -2.14. The molecule has 2 rings (SSSR count). The zero-order chi connectivity index (χ0) is 22.1. The molecule has 162 valence electrons. The normalized spacial score (nSPS) is 10.8. The van der Waals surface area contributed by atoms with Gasteiger partial charge < -0.3 is 15.8 Å². The van der Waals surface area contributed by atoms with Crippen molar-refractivity contribution in [2.45, 2.75) is 39.0 Å². The molecule has 0 heterocycles. The van der Waals surface area contributed by atoms with E-state index in [0.717, 1.165) is 12.5 Å². The maximum Gasteiger partial charge on any atom is 0.217 e. The molecule has 0 aliphatic rings. The summed E-state index contributed by atoms with van der Waals surface area (Å²) in [5.74, 6) is -3.85. The van der Waals surface area contributed by atoms with E-state index >= 15 is 0 Å². The van der Waals surface area contributed by atoms with Gasteiger partial charge in [-0.2, -0.15) is 0 Å². The lowest BCUT2D eigenvalue weighted by molar-refractivity contribution is -0.118. The van der Waals surface area contributed by atoms with E-state index in [-0.39, 0.29) is 30.2 Å². The van der Waals surface area contributed by atoms with Gasteiger partial charge in [-0.25, -0.2) is 13.2 Å². The smallest absolute Gasteiger partial charge is 0.217 e. The molecule has 1 amide bonds. The summed E-state index contributed by atoms with van der Waals surface area (Å²) in [7, 11) is 0. The average Bonchev–Trinajstić information content (AvgIpc) is 2.69. The lowest BCUT2D eigenvalue weighted by atomic mass is 10.0. The largest absolute Gasteiger partial charge is 0.381 e. The molecule has 5 nitrogen and oxygen atoms in total. The van der Waals surface area contributed by atoms with Gasteiger partial charge in [0.15, 0.2) is 17.4 Å². The predicted octanol–water partition coefficient (Wildman–Crippen LogP) is 4.79. The molecule has 0 atom stereocenters. The van der Waals surface area contributed by atoms with Crippen molar-refractivity contribution in [1.29, 1.82) is 0 Å². The number of rotatable bonds is 12. The minimum Gasteiger partial charge on any atom is -0.381 e. The van der Waals surface area contributed by atoms with Crippen LogP contribution in [-0.4, -0.2) is 24.9 Å². The van der Waals surface area contributed by atoms with Crippen LogP contribution < -0.4 is 11.1 Å². The molecule has 0 aliphatic carbocycles. The topological polar surface area (TPSA) is 81.4 Å². The van der Waals surface area contributed by atoms with E-state index < -0.39 is 28.9 Å².